The third-order valence-corrected chi connectivity index (χ3v) is 2.50. The summed E-state index contributed by atoms with van der Waals surface area (Å²) in [4.78, 5) is 0. The highest BCUT2D eigenvalue weighted by molar-refractivity contribution is 4.79. The molecule has 0 aromatic rings. The van der Waals surface area contributed by atoms with Crippen molar-refractivity contribution in [3.8, 4) is 0 Å². The summed E-state index contributed by atoms with van der Waals surface area (Å²) < 4.78 is 5.51. The normalized spacial score (nSPS) is 17.5. The summed E-state index contributed by atoms with van der Waals surface area (Å²) in [7, 11) is 1.81. The lowest BCUT2D eigenvalue weighted by Crippen LogP contribution is -2.35. The summed E-state index contributed by atoms with van der Waals surface area (Å²) in [5.41, 5.74) is 0.0637. The Kier molecular flexibility index (Phi) is 4.09. The Labute approximate surface area is 71.1 Å². The van der Waals surface area contributed by atoms with Gasteiger partial charge in [-0.15, -0.1) is 0 Å². The van der Waals surface area contributed by atoms with Gasteiger partial charge in [-0.2, -0.15) is 0 Å². The van der Waals surface area contributed by atoms with Crippen molar-refractivity contribution in [1.29, 1.82) is 0 Å². The van der Waals surface area contributed by atoms with Crippen LogP contribution >= 0.6 is 0 Å². The smallest absolute Gasteiger partial charge is 0.0675 e. The van der Waals surface area contributed by atoms with Gasteiger partial charge in [-0.25, -0.2) is 0 Å². The molecule has 68 valence electrons. The molecule has 0 aromatic heterocycles. The van der Waals surface area contributed by atoms with Gasteiger partial charge in [0.25, 0.3) is 0 Å². The Morgan fingerprint density at radius 1 is 1.18 bits per heavy atom. The molecule has 0 fully saturated rings. The van der Waals surface area contributed by atoms with Crippen LogP contribution in [0.4, 0.5) is 0 Å². The topological polar surface area (TPSA) is 9.23 Å². The fourth-order valence-corrected chi connectivity index (χ4v) is 1.37. The molecule has 0 aliphatic rings. The van der Waals surface area contributed by atoms with E-state index in [0.717, 1.165) is 6.42 Å². The Morgan fingerprint density at radius 3 is 1.73 bits per heavy atom. The first kappa shape index (κ1) is 11.0. The van der Waals surface area contributed by atoms with Gasteiger partial charge in [-0.3, -0.25) is 0 Å². The van der Waals surface area contributed by atoms with Gasteiger partial charge in [0.05, 0.1) is 5.60 Å². The van der Waals surface area contributed by atoms with Crippen molar-refractivity contribution in [3.63, 3.8) is 0 Å². The number of hydrogen-bond acceptors (Lipinski definition) is 1. The molecule has 0 heterocycles. The second-order valence-corrected chi connectivity index (χ2v) is 4.27. The van der Waals surface area contributed by atoms with E-state index in [1.165, 1.54) is 0 Å². The number of ether oxygens (including phenoxy) is 1. The van der Waals surface area contributed by atoms with E-state index in [4.69, 9.17) is 4.74 Å². The van der Waals surface area contributed by atoms with Gasteiger partial charge < -0.3 is 4.74 Å². The zero-order chi connectivity index (χ0) is 9.07. The molecule has 11 heavy (non-hydrogen) atoms. The Bertz CT molecular complexity index is 107. The molecule has 0 bridgehead atoms. The maximum absolute atomic E-state index is 5.51. The van der Waals surface area contributed by atoms with Crippen LogP contribution in [0.15, 0.2) is 0 Å². The Balaban J connectivity index is 4.10. The van der Waals surface area contributed by atoms with Crippen LogP contribution in [0.3, 0.4) is 0 Å². The van der Waals surface area contributed by atoms with Crippen molar-refractivity contribution < 1.29 is 4.74 Å². The summed E-state index contributed by atoms with van der Waals surface area (Å²) in [5.74, 6) is 1.30. The molecule has 0 saturated carbocycles. The molecule has 1 nitrogen and oxygen atoms in total. The zero-order valence-corrected chi connectivity index (χ0v) is 8.77. The van der Waals surface area contributed by atoms with Gasteiger partial charge in [0, 0.05) is 7.11 Å². The van der Waals surface area contributed by atoms with Crippen molar-refractivity contribution in [2.24, 2.45) is 11.8 Å². The molecule has 0 aromatic carbocycles. The average Bonchev–Trinajstić information content (AvgIpc) is 1.86. The molecule has 0 N–H and O–H groups in total. The first-order chi connectivity index (χ1) is 4.92. The van der Waals surface area contributed by atoms with Crippen LogP contribution in [0.2, 0.25) is 0 Å². The van der Waals surface area contributed by atoms with Gasteiger partial charge in [-0.1, -0.05) is 27.7 Å². The maximum atomic E-state index is 5.51. The lowest BCUT2D eigenvalue weighted by molar-refractivity contribution is -0.0470. The highest BCUT2D eigenvalue weighted by atomic mass is 16.5. The van der Waals surface area contributed by atoms with E-state index in [1.54, 1.807) is 0 Å². The van der Waals surface area contributed by atoms with Gasteiger partial charge in [0.15, 0.2) is 0 Å². The summed E-state index contributed by atoms with van der Waals surface area (Å²) in [5, 5.41) is 0. The monoisotopic (exact) mass is 158 g/mol. The van der Waals surface area contributed by atoms with Crippen LogP contribution in [-0.2, 0) is 4.74 Å². The van der Waals surface area contributed by atoms with E-state index in [-0.39, 0.29) is 5.60 Å². The minimum Gasteiger partial charge on any atom is -0.378 e. The van der Waals surface area contributed by atoms with Gasteiger partial charge in [0.1, 0.15) is 0 Å². The molecule has 0 aliphatic carbocycles. The lowest BCUT2D eigenvalue weighted by Gasteiger charge is -2.33. The Morgan fingerprint density at radius 2 is 1.64 bits per heavy atom. The van der Waals surface area contributed by atoms with Crippen LogP contribution in [0.1, 0.15) is 41.0 Å². The standard InChI is InChI=1S/C10H22O/c1-8(2)7-10(5,11-6)9(3)4/h8-9H,7H2,1-6H3. The summed E-state index contributed by atoms with van der Waals surface area (Å²) >= 11 is 0. The van der Waals surface area contributed by atoms with Gasteiger partial charge >= 0.3 is 0 Å². The molecule has 0 aliphatic heterocycles. The van der Waals surface area contributed by atoms with Crippen LogP contribution in [0, 0.1) is 11.8 Å². The molecule has 1 unspecified atom stereocenters. The van der Waals surface area contributed by atoms with Crippen molar-refractivity contribution in [2.75, 3.05) is 7.11 Å². The molecule has 1 atom stereocenters. The van der Waals surface area contributed by atoms with E-state index in [0.29, 0.717) is 11.8 Å². The largest absolute Gasteiger partial charge is 0.378 e. The van der Waals surface area contributed by atoms with Crippen LogP contribution < -0.4 is 0 Å². The second kappa shape index (κ2) is 4.10. The Hall–Kier alpha value is -0.0400. The number of hydrogen-bond donors (Lipinski definition) is 0. The van der Waals surface area contributed by atoms with E-state index in [1.807, 2.05) is 7.11 Å². The van der Waals surface area contributed by atoms with E-state index >= 15 is 0 Å². The molecule has 0 rings (SSSR count). The van der Waals surface area contributed by atoms with E-state index in [9.17, 15) is 0 Å². The van der Waals surface area contributed by atoms with Crippen LogP contribution in [-0.4, -0.2) is 12.7 Å². The summed E-state index contributed by atoms with van der Waals surface area (Å²) in [6.07, 6.45) is 1.14. The van der Waals surface area contributed by atoms with Crippen molar-refractivity contribution in [1.82, 2.24) is 0 Å². The lowest BCUT2D eigenvalue weighted by atomic mass is 9.84. The van der Waals surface area contributed by atoms with Crippen molar-refractivity contribution in [2.45, 2.75) is 46.6 Å². The first-order valence-corrected chi connectivity index (χ1v) is 4.47. The highest BCUT2D eigenvalue weighted by Crippen LogP contribution is 2.27. The number of rotatable bonds is 4. The van der Waals surface area contributed by atoms with E-state index in [2.05, 4.69) is 34.6 Å². The predicted octanol–water partition coefficient (Wildman–Crippen LogP) is 3.09. The second-order valence-electron chi connectivity index (χ2n) is 4.27. The SMILES string of the molecule is COC(C)(CC(C)C)C(C)C. The third-order valence-electron chi connectivity index (χ3n) is 2.50. The maximum Gasteiger partial charge on any atom is 0.0675 e. The quantitative estimate of drug-likeness (QED) is 0.611. The van der Waals surface area contributed by atoms with Gasteiger partial charge in [0.2, 0.25) is 0 Å². The minimum absolute atomic E-state index is 0.0637. The molecule has 0 saturated heterocycles. The zero-order valence-electron chi connectivity index (χ0n) is 8.77. The van der Waals surface area contributed by atoms with Crippen molar-refractivity contribution in [3.05, 3.63) is 0 Å². The number of methoxy groups -OCH3 is 1. The molecule has 0 amide bonds. The fourth-order valence-electron chi connectivity index (χ4n) is 1.37. The average molecular weight is 158 g/mol. The third kappa shape index (κ3) is 3.24. The van der Waals surface area contributed by atoms with Gasteiger partial charge in [-0.05, 0) is 25.2 Å². The van der Waals surface area contributed by atoms with Crippen LogP contribution in [0.5, 0.6) is 0 Å². The fraction of sp³-hybridized carbons (Fsp3) is 1.00. The minimum atomic E-state index is 0.0637. The molecule has 0 spiro atoms. The van der Waals surface area contributed by atoms with Crippen molar-refractivity contribution >= 4 is 0 Å². The summed E-state index contributed by atoms with van der Waals surface area (Å²) in [6, 6.07) is 0. The first-order valence-electron chi connectivity index (χ1n) is 4.47. The van der Waals surface area contributed by atoms with Crippen LogP contribution in [0.25, 0.3) is 0 Å². The molecule has 0 radical (unpaired) electrons. The summed E-state index contributed by atoms with van der Waals surface area (Å²) in [6.45, 7) is 11.1. The predicted molar refractivity (Wildman–Crippen MR) is 49.7 cm³/mol. The van der Waals surface area contributed by atoms with E-state index < -0.39 is 0 Å². The highest BCUT2D eigenvalue weighted by Gasteiger charge is 2.28. The molecule has 1 heteroatoms. The molecular formula is C10H22O. The molecular weight excluding hydrogens is 136 g/mol.